The van der Waals surface area contributed by atoms with Crippen LogP contribution in [0.5, 0.6) is 5.88 Å². The number of hydrogen-bond acceptors (Lipinski definition) is 10. The minimum absolute atomic E-state index is 0.162. The Balaban J connectivity index is 1.29. The number of fused-ring (bicyclic) bond motifs is 4. The average Bonchev–Trinajstić information content (AvgIpc) is 3.79. The topological polar surface area (TPSA) is 160 Å². The second-order valence-electron chi connectivity index (χ2n) is 11.8. The van der Waals surface area contributed by atoms with Crippen molar-refractivity contribution in [3.8, 4) is 39.9 Å². The number of benzene rings is 1. The summed E-state index contributed by atoms with van der Waals surface area (Å²) in [4.78, 5) is 44.7. The fourth-order valence-corrected chi connectivity index (χ4v) is 5.96. The predicted octanol–water partition coefficient (Wildman–Crippen LogP) is 5.56. The Morgan fingerprint density at radius 2 is 1.82 bits per heavy atom. The Hall–Kier alpha value is -5.97. The molecule has 6 heterocycles. The van der Waals surface area contributed by atoms with Crippen molar-refractivity contribution in [2.45, 2.75) is 38.4 Å². The van der Waals surface area contributed by atoms with E-state index < -0.39 is 23.5 Å². The third kappa shape index (κ3) is 6.79. The Kier molecular flexibility index (Phi) is 8.80. The lowest BCUT2D eigenvalue weighted by Gasteiger charge is -2.22. The molecule has 51 heavy (non-hydrogen) atoms. The zero-order valence-electron chi connectivity index (χ0n) is 26.9. The first kappa shape index (κ1) is 33.5. The second kappa shape index (κ2) is 13.4. The van der Waals surface area contributed by atoms with E-state index in [1.807, 2.05) is 6.92 Å². The fraction of sp³-hybridized carbons (Fsp3) is 0.242. The molecule has 2 bridgehead atoms. The van der Waals surface area contributed by atoms with Gasteiger partial charge < -0.3 is 10.1 Å². The molecule has 0 saturated carbocycles. The van der Waals surface area contributed by atoms with Gasteiger partial charge in [-0.2, -0.15) is 18.3 Å². The molecule has 1 N–H and O–H groups in total. The summed E-state index contributed by atoms with van der Waals surface area (Å²) in [7, 11) is 1.49. The number of pyridine rings is 1. The Morgan fingerprint density at radius 1 is 0.980 bits per heavy atom. The largest absolute Gasteiger partial charge is 0.481 e. The van der Waals surface area contributed by atoms with Crippen molar-refractivity contribution in [1.82, 2.24) is 49.3 Å². The fourth-order valence-electron chi connectivity index (χ4n) is 5.79. The highest BCUT2D eigenvalue weighted by Crippen LogP contribution is 2.34. The molecule has 0 fully saturated rings. The monoisotopic (exact) mass is 717 g/mol. The standard InChI is InChI=1S/C33H27ClF3N11O3/c1-18-4-3-5-26(23-10-19(8-9-38-23)31-24(42-32(18)50)14-48(44-31)28-13-29(51-2)40-16-39-28)46-17-41-22(12-30(46)49)21-11-20(34)6-7-25(21)47-15-27(43-45-47)33(35,36)37/h6-18,26H,3-5H2,1-2H3,(H,42,50)/t18-,26+/m1/s1. The van der Waals surface area contributed by atoms with Crippen LogP contribution in [0.25, 0.3) is 34.0 Å². The molecular weight excluding hydrogens is 691 g/mol. The maximum Gasteiger partial charge on any atom is 0.436 e. The van der Waals surface area contributed by atoms with E-state index in [9.17, 15) is 22.8 Å². The van der Waals surface area contributed by atoms with Crippen LogP contribution in [0.4, 0.5) is 18.9 Å². The first-order chi connectivity index (χ1) is 24.5. The number of nitrogens with zero attached hydrogens (tertiary/aromatic N) is 10. The maximum atomic E-state index is 13.9. The minimum atomic E-state index is -4.70. The van der Waals surface area contributed by atoms with Crippen LogP contribution in [0.15, 0.2) is 78.5 Å². The molecular formula is C33H27ClF3N11O3. The van der Waals surface area contributed by atoms with Crippen molar-refractivity contribution >= 4 is 23.2 Å². The van der Waals surface area contributed by atoms with Crippen LogP contribution < -0.4 is 15.6 Å². The lowest BCUT2D eigenvalue weighted by molar-refractivity contribution is -0.141. The predicted molar refractivity (Wildman–Crippen MR) is 178 cm³/mol. The number of anilines is 1. The number of rotatable bonds is 5. The van der Waals surface area contributed by atoms with Crippen molar-refractivity contribution in [2.24, 2.45) is 5.92 Å². The normalized spacial score (nSPS) is 16.5. The van der Waals surface area contributed by atoms with E-state index in [2.05, 4.69) is 35.6 Å². The van der Waals surface area contributed by atoms with Crippen LogP contribution in [-0.4, -0.2) is 62.3 Å². The van der Waals surface area contributed by atoms with Gasteiger partial charge in [0, 0.05) is 40.4 Å². The lowest BCUT2D eigenvalue weighted by atomic mass is 9.97. The third-order valence-corrected chi connectivity index (χ3v) is 8.67. The molecule has 1 amide bonds. The molecule has 0 spiro atoms. The van der Waals surface area contributed by atoms with Gasteiger partial charge in [-0.25, -0.2) is 24.3 Å². The van der Waals surface area contributed by atoms with Crippen LogP contribution >= 0.6 is 11.6 Å². The van der Waals surface area contributed by atoms with Gasteiger partial charge in [0.15, 0.2) is 11.5 Å². The van der Waals surface area contributed by atoms with Gasteiger partial charge in [0.2, 0.25) is 11.8 Å². The van der Waals surface area contributed by atoms with Crippen LogP contribution in [0.2, 0.25) is 5.02 Å². The van der Waals surface area contributed by atoms with Gasteiger partial charge in [0.25, 0.3) is 5.56 Å². The minimum Gasteiger partial charge on any atom is -0.481 e. The molecule has 7 rings (SSSR count). The van der Waals surface area contributed by atoms with Crippen molar-refractivity contribution in [2.75, 3.05) is 12.4 Å². The SMILES string of the molecule is COc1cc(-n2cc3c(n2)-c2ccnc(c2)[C@@H](n2cnc(-c4cc(Cl)ccc4-n4cc(C(F)(F)F)nn4)cc2=O)CCC[C@@H](C)C(=O)N3)ncn1. The smallest absolute Gasteiger partial charge is 0.436 e. The van der Waals surface area contributed by atoms with Gasteiger partial charge in [-0.1, -0.05) is 30.2 Å². The number of amides is 1. The van der Waals surface area contributed by atoms with Gasteiger partial charge in [0.05, 0.1) is 54.6 Å². The molecule has 14 nitrogen and oxygen atoms in total. The van der Waals surface area contributed by atoms with E-state index in [1.165, 1.54) is 53.3 Å². The third-order valence-electron chi connectivity index (χ3n) is 8.44. The summed E-state index contributed by atoms with van der Waals surface area (Å²) in [6, 6.07) is 10.3. The van der Waals surface area contributed by atoms with Gasteiger partial charge in [-0.05, 0) is 43.2 Å². The molecule has 1 aliphatic rings. The summed E-state index contributed by atoms with van der Waals surface area (Å²) in [5.41, 5.74) is 1.08. The number of halogens is 4. The molecule has 0 saturated heterocycles. The quantitative estimate of drug-likeness (QED) is 0.239. The molecule has 6 aromatic rings. The van der Waals surface area contributed by atoms with E-state index in [0.29, 0.717) is 53.6 Å². The van der Waals surface area contributed by atoms with Crippen molar-refractivity contribution in [3.63, 3.8) is 0 Å². The molecule has 0 aliphatic carbocycles. The van der Waals surface area contributed by atoms with Gasteiger partial charge in [0.1, 0.15) is 12.0 Å². The summed E-state index contributed by atoms with van der Waals surface area (Å²) in [6.45, 7) is 1.82. The Morgan fingerprint density at radius 3 is 2.59 bits per heavy atom. The average molecular weight is 718 g/mol. The first-order valence-corrected chi connectivity index (χ1v) is 16.0. The van der Waals surface area contributed by atoms with Crippen LogP contribution in [0.3, 0.4) is 0 Å². The van der Waals surface area contributed by atoms with Crippen molar-refractivity contribution in [3.05, 3.63) is 100 Å². The number of methoxy groups -OCH3 is 1. The van der Waals surface area contributed by atoms with Crippen molar-refractivity contribution in [1.29, 1.82) is 0 Å². The highest BCUT2D eigenvalue weighted by molar-refractivity contribution is 6.31. The Labute approximate surface area is 291 Å². The van der Waals surface area contributed by atoms with Crippen molar-refractivity contribution < 1.29 is 22.7 Å². The number of ether oxygens (including phenoxy) is 1. The van der Waals surface area contributed by atoms with E-state index in [1.54, 1.807) is 30.6 Å². The molecule has 5 aromatic heterocycles. The van der Waals surface area contributed by atoms with Gasteiger partial charge >= 0.3 is 6.18 Å². The highest BCUT2D eigenvalue weighted by Gasteiger charge is 2.35. The van der Waals surface area contributed by atoms with Gasteiger partial charge in [-0.15, -0.1) is 5.10 Å². The summed E-state index contributed by atoms with van der Waals surface area (Å²) >= 11 is 6.27. The maximum absolute atomic E-state index is 13.9. The first-order valence-electron chi connectivity index (χ1n) is 15.6. The molecule has 260 valence electrons. The molecule has 1 aromatic carbocycles. The van der Waals surface area contributed by atoms with Crippen LogP contribution in [0, 0.1) is 5.92 Å². The van der Waals surface area contributed by atoms with E-state index >= 15 is 0 Å². The second-order valence-corrected chi connectivity index (χ2v) is 12.2. The molecule has 1 aliphatic heterocycles. The van der Waals surface area contributed by atoms with Gasteiger partial charge in [-0.3, -0.25) is 19.1 Å². The number of aromatic nitrogens is 10. The molecule has 0 unspecified atom stereocenters. The summed E-state index contributed by atoms with van der Waals surface area (Å²) < 4.78 is 49.0. The molecule has 0 radical (unpaired) electrons. The number of hydrogen-bond donors (Lipinski definition) is 1. The highest BCUT2D eigenvalue weighted by atomic mass is 35.5. The zero-order valence-corrected chi connectivity index (χ0v) is 27.7. The van der Waals surface area contributed by atoms with Crippen LogP contribution in [-0.2, 0) is 11.0 Å². The zero-order chi connectivity index (χ0) is 35.9. The number of carbonyl (C=O) groups excluding carboxylic acids is 1. The lowest BCUT2D eigenvalue weighted by Crippen LogP contribution is -2.27. The molecule has 18 heteroatoms. The number of nitrogens with one attached hydrogen (secondary N) is 1. The van der Waals surface area contributed by atoms with E-state index in [4.69, 9.17) is 21.4 Å². The number of alkyl halides is 3. The van der Waals surface area contributed by atoms with E-state index in [0.717, 1.165) is 10.9 Å². The van der Waals surface area contributed by atoms with Crippen LogP contribution in [0.1, 0.15) is 43.6 Å². The summed E-state index contributed by atoms with van der Waals surface area (Å²) in [6.07, 6.45) is 3.54. The molecule has 2 atom stereocenters. The summed E-state index contributed by atoms with van der Waals surface area (Å²) in [5.74, 6) is 0.178. The number of carbonyl (C=O) groups is 1. The Bertz CT molecular complexity index is 2320. The summed E-state index contributed by atoms with van der Waals surface area (Å²) in [5, 5.41) is 14.9. The van der Waals surface area contributed by atoms with E-state index in [-0.39, 0.29) is 33.8 Å².